The van der Waals surface area contributed by atoms with E-state index in [1.54, 1.807) is 6.92 Å². The van der Waals surface area contributed by atoms with Gasteiger partial charge in [0.15, 0.2) is 0 Å². The Morgan fingerprint density at radius 2 is 1.73 bits per heavy atom. The van der Waals surface area contributed by atoms with Gasteiger partial charge in [-0.15, -0.1) is 0 Å². The molecule has 1 aromatic rings. The van der Waals surface area contributed by atoms with Crippen molar-refractivity contribution in [2.45, 2.75) is 40.2 Å². The second-order valence-corrected chi connectivity index (χ2v) is 8.54. The number of benzene rings is 1. The molecule has 0 saturated carbocycles. The molecule has 2 aliphatic rings. The summed E-state index contributed by atoms with van der Waals surface area (Å²) in [5.74, 6) is -0.418. The summed E-state index contributed by atoms with van der Waals surface area (Å²) in [6.45, 7) is 11.7. The van der Waals surface area contributed by atoms with Crippen molar-refractivity contribution in [3.63, 3.8) is 0 Å². The first kappa shape index (κ1) is 24.7. The molecule has 2 aliphatic heterocycles. The summed E-state index contributed by atoms with van der Waals surface area (Å²) in [4.78, 5) is 41.6. The predicted molar refractivity (Wildman–Crippen MR) is 127 cm³/mol. The van der Waals surface area contributed by atoms with E-state index in [-0.39, 0.29) is 24.6 Å². The number of esters is 1. The second-order valence-electron chi connectivity index (χ2n) is 8.54. The number of carbonyl (C=O) groups is 3. The maximum absolute atomic E-state index is 12.6. The van der Waals surface area contributed by atoms with E-state index in [4.69, 9.17) is 4.74 Å². The van der Waals surface area contributed by atoms with Crippen LogP contribution in [0.1, 0.15) is 31.4 Å². The van der Waals surface area contributed by atoms with Gasteiger partial charge in [-0.3, -0.25) is 14.6 Å². The van der Waals surface area contributed by atoms with E-state index >= 15 is 0 Å². The molecule has 180 valence electrons. The third-order valence-corrected chi connectivity index (χ3v) is 6.11. The molecular weight excluding hydrogens is 422 g/mol. The Morgan fingerprint density at radius 1 is 1.09 bits per heavy atom. The van der Waals surface area contributed by atoms with Crippen LogP contribution in [-0.2, 0) is 14.3 Å². The average molecular weight is 458 g/mol. The number of para-hydroxylation sites is 1. The van der Waals surface area contributed by atoms with Crippen LogP contribution < -0.4 is 16.0 Å². The van der Waals surface area contributed by atoms with Crippen molar-refractivity contribution in [3.8, 4) is 0 Å². The maximum Gasteiger partial charge on any atom is 0.337 e. The second kappa shape index (κ2) is 11.3. The number of hydrogen-bond donors (Lipinski definition) is 3. The molecule has 3 rings (SSSR count). The van der Waals surface area contributed by atoms with E-state index in [9.17, 15) is 14.4 Å². The molecular formula is C24H35N5O4. The summed E-state index contributed by atoms with van der Waals surface area (Å²) in [5, 5.41) is 8.65. The van der Waals surface area contributed by atoms with E-state index in [2.05, 4.69) is 25.8 Å². The minimum Gasteiger partial charge on any atom is -0.463 e. The third kappa shape index (κ3) is 6.33. The van der Waals surface area contributed by atoms with Gasteiger partial charge in [0.05, 0.1) is 24.8 Å². The van der Waals surface area contributed by atoms with Crippen LogP contribution in [0.15, 0.2) is 29.5 Å². The van der Waals surface area contributed by atoms with E-state index < -0.39 is 5.97 Å². The van der Waals surface area contributed by atoms with Crippen molar-refractivity contribution in [1.82, 2.24) is 20.4 Å². The van der Waals surface area contributed by atoms with Gasteiger partial charge in [-0.1, -0.05) is 25.1 Å². The molecule has 1 aromatic carbocycles. The molecule has 0 radical (unpaired) electrons. The van der Waals surface area contributed by atoms with E-state index in [1.165, 1.54) is 0 Å². The number of anilines is 1. The minimum atomic E-state index is -0.395. The van der Waals surface area contributed by atoms with Crippen molar-refractivity contribution in [2.24, 2.45) is 0 Å². The monoisotopic (exact) mass is 457 g/mol. The van der Waals surface area contributed by atoms with Crippen LogP contribution in [0.2, 0.25) is 0 Å². The molecule has 33 heavy (non-hydrogen) atoms. The van der Waals surface area contributed by atoms with Crippen LogP contribution in [0.4, 0.5) is 10.5 Å². The van der Waals surface area contributed by atoms with Crippen LogP contribution in [0.3, 0.4) is 0 Å². The van der Waals surface area contributed by atoms with Crippen LogP contribution >= 0.6 is 0 Å². The summed E-state index contributed by atoms with van der Waals surface area (Å²) in [5.41, 5.74) is 4.08. The number of carbonyl (C=O) groups excluding carboxylic acids is 3. The molecule has 1 fully saturated rings. The number of aryl methyl sites for hydroxylation is 2. The van der Waals surface area contributed by atoms with Crippen molar-refractivity contribution >= 4 is 23.6 Å². The zero-order valence-electron chi connectivity index (χ0n) is 20.0. The number of rotatable bonds is 8. The van der Waals surface area contributed by atoms with Crippen LogP contribution in [0.5, 0.6) is 0 Å². The molecule has 0 spiro atoms. The minimum absolute atomic E-state index is 0.0236. The molecule has 3 amide bonds. The number of ether oxygens (including phenoxy) is 1. The first-order chi connectivity index (χ1) is 15.8. The van der Waals surface area contributed by atoms with Gasteiger partial charge in [0.2, 0.25) is 5.91 Å². The van der Waals surface area contributed by atoms with Gasteiger partial charge in [0.25, 0.3) is 0 Å². The summed E-state index contributed by atoms with van der Waals surface area (Å²) < 4.78 is 5.24. The Labute approximate surface area is 195 Å². The SMILES string of the molecule is CCOC(=O)C1=C(CN2CCN(CC(=O)Nc3c(C)cccc3C)CC2)NC(=O)NC1CC. The quantitative estimate of drug-likeness (QED) is 0.514. The van der Waals surface area contributed by atoms with Crippen molar-refractivity contribution < 1.29 is 19.1 Å². The zero-order chi connectivity index (χ0) is 24.0. The molecule has 1 saturated heterocycles. The number of piperazine rings is 1. The van der Waals surface area contributed by atoms with E-state index in [1.807, 2.05) is 39.0 Å². The fraction of sp³-hybridized carbons (Fsp3) is 0.542. The van der Waals surface area contributed by atoms with E-state index in [0.29, 0.717) is 30.8 Å². The van der Waals surface area contributed by atoms with Gasteiger partial charge in [-0.05, 0) is 38.3 Å². The lowest BCUT2D eigenvalue weighted by Crippen LogP contribution is -2.54. The molecule has 3 N–H and O–H groups in total. The summed E-state index contributed by atoms with van der Waals surface area (Å²) in [6, 6.07) is 5.30. The highest BCUT2D eigenvalue weighted by atomic mass is 16.5. The first-order valence-electron chi connectivity index (χ1n) is 11.6. The number of urea groups is 1. The number of amides is 3. The molecule has 2 heterocycles. The fourth-order valence-corrected chi connectivity index (χ4v) is 4.31. The number of hydrogen-bond acceptors (Lipinski definition) is 6. The lowest BCUT2D eigenvalue weighted by molar-refractivity contribution is -0.139. The van der Waals surface area contributed by atoms with Gasteiger partial charge in [-0.2, -0.15) is 0 Å². The standard InChI is InChI=1S/C24H35N5O4/c1-5-18-21(23(31)33-6-2)19(26-24(32)25-18)14-28-10-12-29(13-11-28)15-20(30)27-22-16(3)8-7-9-17(22)4/h7-9,18H,5-6,10-15H2,1-4H3,(H,27,30)(H2,25,26,32). The van der Waals surface area contributed by atoms with Crippen LogP contribution in [0.25, 0.3) is 0 Å². The predicted octanol–water partition coefficient (Wildman–Crippen LogP) is 1.77. The lowest BCUT2D eigenvalue weighted by Gasteiger charge is -2.36. The van der Waals surface area contributed by atoms with Crippen molar-refractivity contribution in [3.05, 3.63) is 40.6 Å². The Kier molecular flexibility index (Phi) is 8.46. The Morgan fingerprint density at radius 3 is 2.33 bits per heavy atom. The van der Waals surface area contributed by atoms with Crippen LogP contribution in [0, 0.1) is 13.8 Å². The van der Waals surface area contributed by atoms with Gasteiger partial charge in [0, 0.05) is 44.1 Å². The van der Waals surface area contributed by atoms with Crippen LogP contribution in [-0.4, -0.2) is 79.6 Å². The number of nitrogens with zero attached hydrogens (tertiary/aromatic N) is 2. The Bertz CT molecular complexity index is 901. The maximum atomic E-state index is 12.6. The largest absolute Gasteiger partial charge is 0.463 e. The van der Waals surface area contributed by atoms with E-state index in [0.717, 1.165) is 43.0 Å². The smallest absolute Gasteiger partial charge is 0.337 e. The first-order valence-corrected chi connectivity index (χ1v) is 11.6. The third-order valence-electron chi connectivity index (χ3n) is 6.11. The highest BCUT2D eigenvalue weighted by Gasteiger charge is 2.32. The fourth-order valence-electron chi connectivity index (χ4n) is 4.31. The molecule has 0 aromatic heterocycles. The van der Waals surface area contributed by atoms with Gasteiger partial charge in [0.1, 0.15) is 0 Å². The van der Waals surface area contributed by atoms with Gasteiger partial charge >= 0.3 is 12.0 Å². The van der Waals surface area contributed by atoms with Gasteiger partial charge < -0.3 is 20.7 Å². The molecule has 9 heteroatoms. The summed E-state index contributed by atoms with van der Waals surface area (Å²) >= 11 is 0. The van der Waals surface area contributed by atoms with Crippen molar-refractivity contribution in [1.29, 1.82) is 0 Å². The normalized spacial score (nSPS) is 19.6. The molecule has 0 aliphatic carbocycles. The molecule has 9 nitrogen and oxygen atoms in total. The summed E-state index contributed by atoms with van der Waals surface area (Å²) in [6.07, 6.45) is 0.605. The average Bonchev–Trinajstić information content (AvgIpc) is 2.77. The molecule has 1 unspecified atom stereocenters. The highest BCUT2D eigenvalue weighted by Crippen LogP contribution is 2.20. The number of nitrogens with one attached hydrogen (secondary N) is 3. The highest BCUT2D eigenvalue weighted by molar-refractivity contribution is 5.95. The molecule has 1 atom stereocenters. The lowest BCUT2D eigenvalue weighted by atomic mass is 10.00. The molecule has 0 bridgehead atoms. The van der Waals surface area contributed by atoms with Crippen molar-refractivity contribution in [2.75, 3.05) is 51.2 Å². The Hall–Kier alpha value is -2.91. The zero-order valence-corrected chi connectivity index (χ0v) is 20.0. The Balaban J connectivity index is 1.58. The topological polar surface area (TPSA) is 103 Å². The van der Waals surface area contributed by atoms with Gasteiger partial charge in [-0.25, -0.2) is 9.59 Å². The summed E-state index contributed by atoms with van der Waals surface area (Å²) in [7, 11) is 0.